The molecule has 3 nitrogen and oxygen atoms in total. The van der Waals surface area contributed by atoms with Gasteiger partial charge in [0.2, 0.25) is 0 Å². The van der Waals surface area contributed by atoms with E-state index in [2.05, 4.69) is 49.2 Å². The van der Waals surface area contributed by atoms with E-state index in [0.717, 1.165) is 50.7 Å². The van der Waals surface area contributed by atoms with Gasteiger partial charge in [-0.15, -0.1) is 0 Å². The third-order valence-electron chi connectivity index (χ3n) is 3.46. The van der Waals surface area contributed by atoms with Crippen molar-refractivity contribution in [3.8, 4) is 0 Å². The zero-order valence-electron chi connectivity index (χ0n) is 12.4. The number of aryl methyl sites for hydroxylation is 1. The summed E-state index contributed by atoms with van der Waals surface area (Å²) in [6.07, 6.45) is 5.65. The lowest BCUT2D eigenvalue weighted by Gasteiger charge is -2.21. The molecule has 1 aliphatic heterocycles. The van der Waals surface area contributed by atoms with Gasteiger partial charge in [-0.3, -0.25) is 4.90 Å². The van der Waals surface area contributed by atoms with Crippen LogP contribution >= 0.6 is 0 Å². The van der Waals surface area contributed by atoms with E-state index in [-0.39, 0.29) is 0 Å². The average Bonchev–Trinajstić information content (AvgIpc) is 2.70. The lowest BCUT2D eigenvalue weighted by molar-refractivity contribution is 0.263. The van der Waals surface area contributed by atoms with E-state index in [9.17, 15) is 0 Å². The Labute approximate surface area is 116 Å². The fraction of sp³-hybridized carbons (Fsp3) is 0.625. The third kappa shape index (κ3) is 4.51. The number of nitrogens with zero attached hydrogens (tertiary/aromatic N) is 1. The Morgan fingerprint density at radius 1 is 1.37 bits per heavy atom. The van der Waals surface area contributed by atoms with E-state index in [1.54, 1.807) is 0 Å². The maximum absolute atomic E-state index is 5.87. The van der Waals surface area contributed by atoms with Crippen LogP contribution in [-0.2, 0) is 13.1 Å². The van der Waals surface area contributed by atoms with Crippen LogP contribution in [0.1, 0.15) is 37.4 Å². The van der Waals surface area contributed by atoms with Gasteiger partial charge in [0, 0.05) is 25.2 Å². The van der Waals surface area contributed by atoms with Gasteiger partial charge < -0.3 is 9.73 Å². The van der Waals surface area contributed by atoms with Crippen LogP contribution in [0.4, 0.5) is 0 Å². The topological polar surface area (TPSA) is 28.4 Å². The van der Waals surface area contributed by atoms with Gasteiger partial charge in [-0.05, 0) is 31.9 Å². The second-order valence-electron chi connectivity index (χ2n) is 5.81. The van der Waals surface area contributed by atoms with Crippen LogP contribution in [0, 0.1) is 12.8 Å². The van der Waals surface area contributed by atoms with Crippen molar-refractivity contribution in [3.63, 3.8) is 0 Å². The molecule has 0 aromatic carbocycles. The predicted molar refractivity (Wildman–Crippen MR) is 79.0 cm³/mol. The first-order valence-corrected chi connectivity index (χ1v) is 7.31. The highest BCUT2D eigenvalue weighted by Gasteiger charge is 2.12. The first-order valence-electron chi connectivity index (χ1n) is 7.31. The van der Waals surface area contributed by atoms with Crippen LogP contribution in [0.25, 0.3) is 0 Å². The summed E-state index contributed by atoms with van der Waals surface area (Å²) in [5.74, 6) is 2.83. The van der Waals surface area contributed by atoms with E-state index >= 15 is 0 Å². The molecule has 0 amide bonds. The molecule has 0 atom stereocenters. The predicted octanol–water partition coefficient (Wildman–Crippen LogP) is 3.10. The highest BCUT2D eigenvalue weighted by atomic mass is 16.3. The molecule has 2 rings (SSSR count). The van der Waals surface area contributed by atoms with Crippen molar-refractivity contribution < 1.29 is 4.42 Å². The van der Waals surface area contributed by atoms with Crippen molar-refractivity contribution in [2.75, 3.05) is 19.6 Å². The summed E-state index contributed by atoms with van der Waals surface area (Å²) < 4.78 is 5.87. The zero-order valence-corrected chi connectivity index (χ0v) is 12.4. The number of furan rings is 1. The molecule has 0 saturated heterocycles. The molecule has 0 spiro atoms. The molecule has 1 aromatic rings. The number of hydrogen-bond donors (Lipinski definition) is 1. The van der Waals surface area contributed by atoms with Gasteiger partial charge in [-0.25, -0.2) is 0 Å². The lowest BCUT2D eigenvalue weighted by Crippen LogP contribution is -2.26. The summed E-state index contributed by atoms with van der Waals surface area (Å²) in [5.41, 5.74) is 1.29. The van der Waals surface area contributed by atoms with Crippen molar-refractivity contribution in [1.29, 1.82) is 0 Å². The molecular weight excluding hydrogens is 236 g/mol. The van der Waals surface area contributed by atoms with Crippen molar-refractivity contribution in [2.45, 2.75) is 40.3 Å². The fourth-order valence-corrected chi connectivity index (χ4v) is 2.39. The molecule has 19 heavy (non-hydrogen) atoms. The molecule has 0 radical (unpaired) electrons. The maximum Gasteiger partial charge on any atom is 0.118 e. The summed E-state index contributed by atoms with van der Waals surface area (Å²) in [6, 6.07) is 2.21. The number of rotatable bonds is 6. The third-order valence-corrected chi connectivity index (χ3v) is 3.46. The molecule has 2 heterocycles. The highest BCUT2D eigenvalue weighted by molar-refractivity contribution is 5.20. The second kappa shape index (κ2) is 6.92. The zero-order chi connectivity index (χ0) is 13.7. The van der Waals surface area contributed by atoms with E-state index in [4.69, 9.17) is 4.42 Å². The second-order valence-corrected chi connectivity index (χ2v) is 5.81. The van der Waals surface area contributed by atoms with Crippen LogP contribution in [0.5, 0.6) is 0 Å². The Kier molecular flexibility index (Phi) is 5.23. The monoisotopic (exact) mass is 262 g/mol. The first kappa shape index (κ1) is 14.4. The van der Waals surface area contributed by atoms with Gasteiger partial charge in [0.25, 0.3) is 0 Å². The van der Waals surface area contributed by atoms with Gasteiger partial charge >= 0.3 is 0 Å². The summed E-state index contributed by atoms with van der Waals surface area (Å²) in [4.78, 5) is 2.42. The molecule has 0 unspecified atom stereocenters. The van der Waals surface area contributed by atoms with E-state index in [1.165, 1.54) is 5.56 Å². The largest absolute Gasteiger partial charge is 0.465 e. The molecule has 0 fully saturated rings. The Morgan fingerprint density at radius 3 is 2.89 bits per heavy atom. The minimum atomic E-state index is 0.687. The smallest absolute Gasteiger partial charge is 0.118 e. The van der Waals surface area contributed by atoms with Gasteiger partial charge in [-0.1, -0.05) is 26.0 Å². The fourth-order valence-electron chi connectivity index (χ4n) is 2.39. The molecule has 3 heteroatoms. The van der Waals surface area contributed by atoms with Crippen molar-refractivity contribution in [1.82, 2.24) is 10.2 Å². The Bertz CT molecular complexity index is 420. The molecule has 0 bridgehead atoms. The van der Waals surface area contributed by atoms with Gasteiger partial charge in [0.1, 0.15) is 11.5 Å². The average molecular weight is 262 g/mol. The Balaban J connectivity index is 1.86. The van der Waals surface area contributed by atoms with Crippen molar-refractivity contribution >= 4 is 0 Å². The quantitative estimate of drug-likeness (QED) is 0.799. The van der Waals surface area contributed by atoms with Gasteiger partial charge in [-0.2, -0.15) is 0 Å². The minimum absolute atomic E-state index is 0.687. The Hall–Kier alpha value is -1.06. The van der Waals surface area contributed by atoms with Crippen molar-refractivity contribution in [3.05, 3.63) is 35.3 Å². The maximum atomic E-state index is 5.87. The minimum Gasteiger partial charge on any atom is -0.465 e. The van der Waals surface area contributed by atoms with Crippen LogP contribution in [0.15, 0.2) is 22.6 Å². The summed E-state index contributed by atoms with van der Waals surface area (Å²) in [5, 5.41) is 3.47. The highest BCUT2D eigenvalue weighted by Crippen LogP contribution is 2.17. The first-order chi connectivity index (χ1) is 9.15. The van der Waals surface area contributed by atoms with E-state index in [1.807, 2.05) is 0 Å². The van der Waals surface area contributed by atoms with Crippen LogP contribution in [-0.4, -0.2) is 24.5 Å². The molecule has 1 N–H and O–H groups in total. The van der Waals surface area contributed by atoms with Crippen molar-refractivity contribution in [2.24, 2.45) is 5.92 Å². The van der Waals surface area contributed by atoms with E-state index in [0.29, 0.717) is 5.92 Å². The normalized spacial score (nSPS) is 16.4. The van der Waals surface area contributed by atoms with Crippen LogP contribution in [0.2, 0.25) is 0 Å². The van der Waals surface area contributed by atoms with Gasteiger partial charge in [0.15, 0.2) is 0 Å². The molecule has 0 saturated carbocycles. The molecule has 1 aliphatic rings. The molecule has 106 valence electrons. The summed E-state index contributed by atoms with van der Waals surface area (Å²) in [6.45, 7) is 11.6. The molecule has 1 aromatic heterocycles. The lowest BCUT2D eigenvalue weighted by atomic mass is 10.2. The molecular formula is C16H26N2O. The van der Waals surface area contributed by atoms with Crippen LogP contribution in [0.3, 0.4) is 0 Å². The standard InChI is InChI=1S/C16H26N2O/c1-13(2)10-17-11-15-9-16(19-14(15)3)12-18-7-5-4-6-8-18/h4-5,9,13,17H,6-8,10-12H2,1-3H3. The number of hydrogen-bond acceptors (Lipinski definition) is 3. The SMILES string of the molecule is Cc1oc(CN2CC=CCC2)cc1CNCC(C)C. The number of nitrogens with one attached hydrogen (secondary N) is 1. The summed E-state index contributed by atoms with van der Waals surface area (Å²) >= 11 is 0. The Morgan fingerprint density at radius 2 is 2.21 bits per heavy atom. The summed E-state index contributed by atoms with van der Waals surface area (Å²) in [7, 11) is 0. The molecule has 0 aliphatic carbocycles. The van der Waals surface area contributed by atoms with Crippen LogP contribution < -0.4 is 5.32 Å². The van der Waals surface area contributed by atoms with Gasteiger partial charge in [0.05, 0.1) is 6.54 Å². The van der Waals surface area contributed by atoms with E-state index < -0.39 is 0 Å².